The highest BCUT2D eigenvalue weighted by molar-refractivity contribution is 7.80. The molecule has 3 aromatic heterocycles. The van der Waals surface area contributed by atoms with Gasteiger partial charge in [0.15, 0.2) is 10.8 Å². The fourth-order valence-corrected chi connectivity index (χ4v) is 4.30. The van der Waals surface area contributed by atoms with Crippen LogP contribution in [0.2, 0.25) is 0 Å². The van der Waals surface area contributed by atoms with Gasteiger partial charge in [0.2, 0.25) is 5.78 Å². The normalized spacial score (nSPS) is 10.8. The van der Waals surface area contributed by atoms with E-state index in [1.165, 1.54) is 11.3 Å². The van der Waals surface area contributed by atoms with Gasteiger partial charge in [0.1, 0.15) is 0 Å². The van der Waals surface area contributed by atoms with Crippen LogP contribution in [-0.2, 0) is 0 Å². The fraction of sp³-hybridized carbons (Fsp3) is 0. The van der Waals surface area contributed by atoms with Crippen LogP contribution in [0.3, 0.4) is 0 Å². The van der Waals surface area contributed by atoms with Crippen LogP contribution in [0.4, 0.5) is 11.4 Å². The molecule has 0 fully saturated rings. The molecule has 0 aliphatic carbocycles. The molecule has 0 saturated heterocycles. The minimum absolute atomic E-state index is 0.0765. The van der Waals surface area contributed by atoms with Crippen LogP contribution in [0.25, 0.3) is 16.9 Å². The Morgan fingerprint density at radius 1 is 0.938 bits per heavy atom. The summed E-state index contributed by atoms with van der Waals surface area (Å²) in [4.78, 5) is 17.9. The van der Waals surface area contributed by atoms with E-state index in [0.717, 1.165) is 22.6 Å². The standard InChI is InChI=1S/C24H17N5OS2/c30-22(21-10-5-13-32-21)19-15-26-29-20(11-12-25-23(19)29)16-6-4-9-18(14-16)28-24(31)27-17-7-2-1-3-8-17/h1-15H,(H2,27,28,31). The summed E-state index contributed by atoms with van der Waals surface area (Å²) in [6, 6.07) is 23.1. The Bertz CT molecular complexity index is 1410. The van der Waals surface area contributed by atoms with Gasteiger partial charge in [-0.3, -0.25) is 4.79 Å². The molecule has 0 atom stereocenters. The smallest absolute Gasteiger partial charge is 0.208 e. The lowest BCUT2D eigenvalue weighted by atomic mass is 10.1. The van der Waals surface area contributed by atoms with E-state index in [1.54, 1.807) is 16.9 Å². The summed E-state index contributed by atoms with van der Waals surface area (Å²) in [6.07, 6.45) is 3.27. The van der Waals surface area contributed by atoms with Crippen LogP contribution in [0, 0.1) is 0 Å². The van der Waals surface area contributed by atoms with E-state index < -0.39 is 0 Å². The summed E-state index contributed by atoms with van der Waals surface area (Å²) in [6.45, 7) is 0. The van der Waals surface area contributed by atoms with Gasteiger partial charge in [-0.25, -0.2) is 9.50 Å². The maximum atomic E-state index is 12.8. The second-order valence-electron chi connectivity index (χ2n) is 6.96. The van der Waals surface area contributed by atoms with E-state index in [1.807, 2.05) is 78.2 Å². The number of para-hydroxylation sites is 1. The molecule has 0 spiro atoms. The number of aromatic nitrogens is 3. The number of hydrogen-bond acceptors (Lipinski definition) is 5. The zero-order chi connectivity index (χ0) is 21.9. The zero-order valence-electron chi connectivity index (χ0n) is 16.7. The lowest BCUT2D eigenvalue weighted by Crippen LogP contribution is -2.18. The van der Waals surface area contributed by atoms with Crippen molar-refractivity contribution >= 4 is 51.5 Å². The predicted octanol–water partition coefficient (Wildman–Crippen LogP) is 5.50. The minimum Gasteiger partial charge on any atom is -0.332 e. The molecule has 32 heavy (non-hydrogen) atoms. The third-order valence-electron chi connectivity index (χ3n) is 4.84. The van der Waals surface area contributed by atoms with E-state index in [-0.39, 0.29) is 5.78 Å². The number of anilines is 2. The number of ketones is 1. The van der Waals surface area contributed by atoms with E-state index >= 15 is 0 Å². The van der Waals surface area contributed by atoms with Crippen molar-refractivity contribution in [3.05, 3.63) is 101 Å². The second kappa shape index (κ2) is 8.70. The maximum Gasteiger partial charge on any atom is 0.208 e. The quantitative estimate of drug-likeness (QED) is 0.269. The molecule has 0 aliphatic rings. The molecule has 5 rings (SSSR count). The molecule has 0 amide bonds. The third kappa shape index (κ3) is 4.01. The maximum absolute atomic E-state index is 12.8. The number of carbonyl (C=O) groups is 1. The summed E-state index contributed by atoms with van der Waals surface area (Å²) in [5, 5.41) is 13.2. The van der Waals surface area contributed by atoms with Gasteiger partial charge in [-0.2, -0.15) is 5.10 Å². The average molecular weight is 456 g/mol. The van der Waals surface area contributed by atoms with E-state index in [9.17, 15) is 4.79 Å². The van der Waals surface area contributed by atoms with Gasteiger partial charge in [0.05, 0.1) is 22.3 Å². The van der Waals surface area contributed by atoms with Gasteiger partial charge in [0.25, 0.3) is 0 Å². The van der Waals surface area contributed by atoms with Crippen molar-refractivity contribution in [1.29, 1.82) is 0 Å². The Hall–Kier alpha value is -3.88. The lowest BCUT2D eigenvalue weighted by Gasteiger charge is -2.12. The first-order chi connectivity index (χ1) is 15.7. The van der Waals surface area contributed by atoms with E-state index in [0.29, 0.717) is 21.2 Å². The molecule has 0 saturated carbocycles. The molecule has 6 nitrogen and oxygen atoms in total. The van der Waals surface area contributed by atoms with Gasteiger partial charge in [-0.15, -0.1) is 11.3 Å². The first-order valence-corrected chi connectivity index (χ1v) is 11.1. The van der Waals surface area contributed by atoms with Crippen molar-refractivity contribution in [1.82, 2.24) is 14.6 Å². The van der Waals surface area contributed by atoms with Gasteiger partial charge in [0, 0.05) is 23.1 Å². The SMILES string of the molecule is O=C(c1cccs1)c1cnn2c(-c3cccc(NC(=S)Nc4ccccc4)c3)ccnc12. The highest BCUT2D eigenvalue weighted by atomic mass is 32.1. The van der Waals surface area contributed by atoms with Crippen molar-refractivity contribution in [3.8, 4) is 11.3 Å². The Kier molecular flexibility index (Phi) is 5.45. The summed E-state index contributed by atoms with van der Waals surface area (Å²) < 4.78 is 1.69. The number of fused-ring (bicyclic) bond motifs is 1. The topological polar surface area (TPSA) is 71.3 Å². The third-order valence-corrected chi connectivity index (χ3v) is 5.91. The molecule has 2 N–H and O–H groups in total. The predicted molar refractivity (Wildman–Crippen MR) is 132 cm³/mol. The second-order valence-corrected chi connectivity index (χ2v) is 8.31. The molecular weight excluding hydrogens is 438 g/mol. The van der Waals surface area contributed by atoms with Crippen LogP contribution in [0.1, 0.15) is 15.2 Å². The van der Waals surface area contributed by atoms with Crippen LogP contribution in [0.5, 0.6) is 0 Å². The fourth-order valence-electron chi connectivity index (χ4n) is 3.38. The van der Waals surface area contributed by atoms with Crippen LogP contribution >= 0.6 is 23.6 Å². The molecule has 0 aliphatic heterocycles. The minimum atomic E-state index is -0.0765. The molecule has 0 radical (unpaired) electrons. The number of hydrogen-bond donors (Lipinski definition) is 2. The number of rotatable bonds is 5. The first-order valence-electron chi connectivity index (χ1n) is 9.83. The van der Waals surface area contributed by atoms with Crippen LogP contribution < -0.4 is 10.6 Å². The molecule has 2 aromatic carbocycles. The Morgan fingerprint density at radius 2 is 1.75 bits per heavy atom. The van der Waals surface area contributed by atoms with Crippen molar-refractivity contribution < 1.29 is 4.79 Å². The highest BCUT2D eigenvalue weighted by Crippen LogP contribution is 2.25. The van der Waals surface area contributed by atoms with Crippen molar-refractivity contribution in [2.75, 3.05) is 10.6 Å². The average Bonchev–Trinajstić information content (AvgIpc) is 3.50. The zero-order valence-corrected chi connectivity index (χ0v) is 18.4. The first kappa shape index (κ1) is 20.0. The number of thiophene rings is 1. The summed E-state index contributed by atoms with van der Waals surface area (Å²) in [5.41, 5.74) is 4.51. The van der Waals surface area contributed by atoms with Gasteiger partial charge >= 0.3 is 0 Å². The number of thiocarbonyl (C=S) groups is 1. The Labute approximate surface area is 193 Å². The molecule has 8 heteroatoms. The molecule has 156 valence electrons. The largest absolute Gasteiger partial charge is 0.332 e. The molecule has 5 aromatic rings. The highest BCUT2D eigenvalue weighted by Gasteiger charge is 2.18. The van der Waals surface area contributed by atoms with Crippen LogP contribution in [0.15, 0.2) is 90.6 Å². The molecule has 0 bridgehead atoms. The van der Waals surface area contributed by atoms with E-state index in [2.05, 4.69) is 20.7 Å². The van der Waals surface area contributed by atoms with Gasteiger partial charge < -0.3 is 10.6 Å². The van der Waals surface area contributed by atoms with Crippen molar-refractivity contribution in [2.45, 2.75) is 0 Å². The summed E-state index contributed by atoms with van der Waals surface area (Å²) in [7, 11) is 0. The lowest BCUT2D eigenvalue weighted by molar-refractivity contribution is 0.104. The monoisotopic (exact) mass is 455 g/mol. The van der Waals surface area contributed by atoms with Gasteiger partial charge in [-0.05, 0) is 54.0 Å². The number of carbonyl (C=O) groups excluding carboxylic acids is 1. The number of nitrogens with one attached hydrogen (secondary N) is 2. The Balaban J connectivity index is 1.43. The molecular formula is C24H17N5OS2. The molecule has 0 unspecified atom stereocenters. The van der Waals surface area contributed by atoms with Crippen molar-refractivity contribution in [3.63, 3.8) is 0 Å². The van der Waals surface area contributed by atoms with E-state index in [4.69, 9.17) is 12.2 Å². The summed E-state index contributed by atoms with van der Waals surface area (Å²) >= 11 is 6.85. The van der Waals surface area contributed by atoms with Crippen molar-refractivity contribution in [2.24, 2.45) is 0 Å². The number of benzene rings is 2. The van der Waals surface area contributed by atoms with Crippen LogP contribution in [-0.4, -0.2) is 25.5 Å². The summed E-state index contributed by atoms with van der Waals surface area (Å²) in [5.74, 6) is -0.0765. The number of nitrogens with zero attached hydrogens (tertiary/aromatic N) is 3. The Morgan fingerprint density at radius 3 is 2.56 bits per heavy atom. The van der Waals surface area contributed by atoms with Gasteiger partial charge in [-0.1, -0.05) is 36.4 Å². The molecule has 3 heterocycles.